The second-order valence-corrected chi connectivity index (χ2v) is 3.44. The van der Waals surface area contributed by atoms with E-state index in [2.05, 4.69) is 0 Å². The zero-order chi connectivity index (χ0) is 9.35. The van der Waals surface area contributed by atoms with Crippen molar-refractivity contribution in [2.24, 2.45) is 5.41 Å². The lowest BCUT2D eigenvalue weighted by atomic mass is 9.68. The number of rotatable bonds is 2. The molecule has 0 aromatic rings. The van der Waals surface area contributed by atoms with E-state index >= 15 is 0 Å². The molecule has 4 nitrogen and oxygen atoms in total. The lowest BCUT2D eigenvalue weighted by Gasteiger charge is -2.37. The molecule has 1 amide bonds. The van der Waals surface area contributed by atoms with E-state index in [1.54, 1.807) is 14.1 Å². The fourth-order valence-corrected chi connectivity index (χ4v) is 1.48. The smallest absolute Gasteiger partial charge is 0.319 e. The Balaban J connectivity index is 2.81. The summed E-state index contributed by atoms with van der Waals surface area (Å²) in [6.45, 7) is 0. The highest BCUT2D eigenvalue weighted by Gasteiger charge is 2.51. The van der Waals surface area contributed by atoms with Crippen LogP contribution >= 0.6 is 0 Å². The quantitative estimate of drug-likeness (QED) is 0.609. The number of carboxylic acid groups (broad SMARTS) is 1. The van der Waals surface area contributed by atoms with Crippen molar-refractivity contribution in [3.05, 3.63) is 0 Å². The molecule has 0 aromatic heterocycles. The fraction of sp³-hybridized carbons (Fsp3) is 0.750. The van der Waals surface area contributed by atoms with E-state index in [1.807, 2.05) is 0 Å². The van der Waals surface area contributed by atoms with Crippen molar-refractivity contribution in [1.29, 1.82) is 0 Å². The van der Waals surface area contributed by atoms with E-state index in [1.165, 1.54) is 4.90 Å². The van der Waals surface area contributed by atoms with Crippen LogP contribution in [-0.4, -0.2) is 36.0 Å². The molecule has 0 radical (unpaired) electrons. The third kappa shape index (κ3) is 1.07. The molecule has 1 N–H and O–H groups in total. The van der Waals surface area contributed by atoms with E-state index < -0.39 is 11.4 Å². The normalized spacial score (nSPS) is 19.5. The summed E-state index contributed by atoms with van der Waals surface area (Å²) in [4.78, 5) is 23.6. The molecule has 0 spiro atoms. The Morgan fingerprint density at radius 3 is 1.92 bits per heavy atom. The maximum Gasteiger partial charge on any atom is 0.319 e. The van der Waals surface area contributed by atoms with Crippen molar-refractivity contribution >= 4 is 11.9 Å². The molecule has 1 fully saturated rings. The molecule has 1 aliphatic carbocycles. The van der Waals surface area contributed by atoms with Crippen LogP contribution in [0.4, 0.5) is 0 Å². The van der Waals surface area contributed by atoms with E-state index in [9.17, 15) is 9.59 Å². The molecule has 0 aliphatic heterocycles. The molecule has 0 unspecified atom stereocenters. The average molecular weight is 171 g/mol. The summed E-state index contributed by atoms with van der Waals surface area (Å²) in [5.41, 5.74) is -1.09. The van der Waals surface area contributed by atoms with Crippen molar-refractivity contribution in [2.45, 2.75) is 19.3 Å². The summed E-state index contributed by atoms with van der Waals surface area (Å²) in [5, 5.41) is 8.86. The van der Waals surface area contributed by atoms with Gasteiger partial charge in [-0.15, -0.1) is 0 Å². The van der Waals surface area contributed by atoms with Gasteiger partial charge >= 0.3 is 5.97 Å². The summed E-state index contributed by atoms with van der Waals surface area (Å²) in [6, 6.07) is 0. The molecule has 0 bridgehead atoms. The Morgan fingerprint density at radius 1 is 1.33 bits per heavy atom. The van der Waals surface area contributed by atoms with E-state index in [0.717, 1.165) is 6.42 Å². The van der Waals surface area contributed by atoms with Gasteiger partial charge in [-0.05, 0) is 12.8 Å². The SMILES string of the molecule is CN(C)C(=O)C1(C(=O)O)CCC1. The first-order chi connectivity index (χ1) is 5.50. The molecule has 0 aromatic carbocycles. The zero-order valence-corrected chi connectivity index (χ0v) is 7.33. The van der Waals surface area contributed by atoms with Crippen LogP contribution in [0.15, 0.2) is 0 Å². The van der Waals surface area contributed by atoms with Crippen LogP contribution in [0.25, 0.3) is 0 Å². The van der Waals surface area contributed by atoms with Crippen molar-refractivity contribution in [3.8, 4) is 0 Å². The summed E-state index contributed by atoms with van der Waals surface area (Å²) in [7, 11) is 3.18. The highest BCUT2D eigenvalue weighted by molar-refractivity contribution is 6.02. The minimum atomic E-state index is -1.09. The first kappa shape index (κ1) is 9.03. The van der Waals surface area contributed by atoms with Gasteiger partial charge in [0.05, 0.1) is 0 Å². The van der Waals surface area contributed by atoms with Gasteiger partial charge in [-0.1, -0.05) is 6.42 Å². The number of nitrogens with zero attached hydrogens (tertiary/aromatic N) is 1. The lowest BCUT2D eigenvalue weighted by molar-refractivity contribution is -0.166. The summed E-state index contributed by atoms with van der Waals surface area (Å²) >= 11 is 0. The van der Waals surface area contributed by atoms with E-state index in [4.69, 9.17) is 5.11 Å². The molecular formula is C8H13NO3. The largest absolute Gasteiger partial charge is 0.480 e. The lowest BCUT2D eigenvalue weighted by Crippen LogP contribution is -2.50. The molecule has 12 heavy (non-hydrogen) atoms. The van der Waals surface area contributed by atoms with Crippen LogP contribution in [0.2, 0.25) is 0 Å². The molecule has 1 aliphatic rings. The Hall–Kier alpha value is -1.06. The number of carbonyl (C=O) groups excluding carboxylic acids is 1. The number of aliphatic carboxylic acids is 1. The first-order valence-corrected chi connectivity index (χ1v) is 3.96. The van der Waals surface area contributed by atoms with Gasteiger partial charge in [-0.25, -0.2) is 0 Å². The summed E-state index contributed by atoms with van der Waals surface area (Å²) in [5.74, 6) is -1.26. The van der Waals surface area contributed by atoms with Gasteiger partial charge in [-0.2, -0.15) is 0 Å². The fourth-order valence-electron chi connectivity index (χ4n) is 1.48. The maximum atomic E-state index is 11.4. The maximum absolute atomic E-state index is 11.4. The first-order valence-electron chi connectivity index (χ1n) is 3.96. The molecule has 1 saturated carbocycles. The van der Waals surface area contributed by atoms with Gasteiger partial charge in [-0.3, -0.25) is 9.59 Å². The average Bonchev–Trinajstić information content (AvgIpc) is 1.83. The van der Waals surface area contributed by atoms with Crippen molar-refractivity contribution in [2.75, 3.05) is 14.1 Å². The number of carboxylic acids is 1. The van der Waals surface area contributed by atoms with Gasteiger partial charge in [0.1, 0.15) is 5.41 Å². The standard InChI is InChI=1S/C8H13NO3/c1-9(2)6(10)8(7(11)12)4-3-5-8/h3-5H2,1-2H3,(H,11,12). The predicted octanol–water partition coefficient (Wildman–Crippen LogP) is 0.329. The summed E-state index contributed by atoms with van der Waals surface area (Å²) in [6.07, 6.45) is 1.81. The van der Waals surface area contributed by atoms with Gasteiger partial charge in [0.25, 0.3) is 0 Å². The number of carbonyl (C=O) groups is 2. The molecule has 0 atom stereocenters. The van der Waals surface area contributed by atoms with Crippen LogP contribution < -0.4 is 0 Å². The van der Waals surface area contributed by atoms with Crippen molar-refractivity contribution < 1.29 is 14.7 Å². The van der Waals surface area contributed by atoms with Gasteiger partial charge in [0.15, 0.2) is 0 Å². The van der Waals surface area contributed by atoms with E-state index in [-0.39, 0.29) is 5.91 Å². The Morgan fingerprint density at radius 2 is 1.83 bits per heavy atom. The molecule has 1 rings (SSSR count). The second kappa shape index (κ2) is 2.77. The van der Waals surface area contributed by atoms with Crippen LogP contribution in [0, 0.1) is 5.41 Å². The van der Waals surface area contributed by atoms with Gasteiger partial charge in [0, 0.05) is 14.1 Å². The van der Waals surface area contributed by atoms with Crippen molar-refractivity contribution in [1.82, 2.24) is 4.90 Å². The van der Waals surface area contributed by atoms with Gasteiger partial charge < -0.3 is 10.0 Å². The van der Waals surface area contributed by atoms with Crippen LogP contribution in [-0.2, 0) is 9.59 Å². The van der Waals surface area contributed by atoms with Crippen LogP contribution in [0.1, 0.15) is 19.3 Å². The van der Waals surface area contributed by atoms with Crippen LogP contribution in [0.3, 0.4) is 0 Å². The topological polar surface area (TPSA) is 57.6 Å². The highest BCUT2D eigenvalue weighted by atomic mass is 16.4. The Labute approximate surface area is 71.2 Å². The van der Waals surface area contributed by atoms with Crippen LogP contribution in [0.5, 0.6) is 0 Å². The van der Waals surface area contributed by atoms with Gasteiger partial charge in [0.2, 0.25) is 5.91 Å². The van der Waals surface area contributed by atoms with Crippen molar-refractivity contribution in [3.63, 3.8) is 0 Å². The molecule has 4 heteroatoms. The number of amides is 1. The number of hydrogen-bond donors (Lipinski definition) is 1. The molecule has 68 valence electrons. The molecular weight excluding hydrogens is 158 g/mol. The molecule has 0 saturated heterocycles. The minimum absolute atomic E-state index is 0.277. The third-order valence-electron chi connectivity index (χ3n) is 2.43. The zero-order valence-electron chi connectivity index (χ0n) is 7.33. The second-order valence-electron chi connectivity index (χ2n) is 3.44. The van der Waals surface area contributed by atoms with E-state index in [0.29, 0.717) is 12.8 Å². The Bertz CT molecular complexity index is 218. The Kier molecular flexibility index (Phi) is 2.08. The predicted molar refractivity (Wildman–Crippen MR) is 42.6 cm³/mol. The minimum Gasteiger partial charge on any atom is -0.480 e. The highest BCUT2D eigenvalue weighted by Crippen LogP contribution is 2.42. The molecule has 0 heterocycles. The third-order valence-corrected chi connectivity index (χ3v) is 2.43. The monoisotopic (exact) mass is 171 g/mol. The number of hydrogen-bond acceptors (Lipinski definition) is 2. The summed E-state index contributed by atoms with van der Waals surface area (Å²) < 4.78 is 0.